The van der Waals surface area contributed by atoms with E-state index in [9.17, 15) is 5.11 Å². The fourth-order valence-corrected chi connectivity index (χ4v) is 2.82. The molecule has 1 fully saturated rings. The van der Waals surface area contributed by atoms with Crippen LogP contribution in [0.5, 0.6) is 11.5 Å². The second kappa shape index (κ2) is 9.17. The van der Waals surface area contributed by atoms with Crippen LogP contribution in [0.25, 0.3) is 0 Å². The van der Waals surface area contributed by atoms with Crippen molar-refractivity contribution < 1.29 is 14.6 Å². The summed E-state index contributed by atoms with van der Waals surface area (Å²) in [6, 6.07) is 5.76. The number of β-amino-alcohol motifs (C(OH)–C–C–N with tert-alkyl or cyclic N) is 1. The number of nitrogens with zero attached hydrogens (tertiary/aromatic N) is 2. The van der Waals surface area contributed by atoms with Crippen LogP contribution in [0.2, 0.25) is 0 Å². The number of piperidine rings is 1. The number of aliphatic hydroxyl groups is 1. The molecule has 0 bridgehead atoms. The van der Waals surface area contributed by atoms with Crippen LogP contribution in [0.15, 0.2) is 35.8 Å². The maximum atomic E-state index is 9.91. The zero-order valence-corrected chi connectivity index (χ0v) is 14.5. The number of guanidine groups is 1. The number of hydrogen-bond donors (Lipinski definition) is 2. The molecule has 1 aromatic rings. The fraction of sp³-hybridized carbons (Fsp3) is 0.500. The van der Waals surface area contributed by atoms with Crippen LogP contribution in [0, 0.1) is 0 Å². The number of nitrogens with one attached hydrogen (secondary N) is 1. The van der Waals surface area contributed by atoms with E-state index in [-0.39, 0.29) is 6.10 Å². The summed E-state index contributed by atoms with van der Waals surface area (Å²) in [6.45, 7) is 6.31. The van der Waals surface area contributed by atoms with Gasteiger partial charge in [-0.1, -0.05) is 18.2 Å². The van der Waals surface area contributed by atoms with E-state index in [2.05, 4.69) is 16.8 Å². The van der Waals surface area contributed by atoms with Crippen molar-refractivity contribution in [2.24, 2.45) is 4.99 Å². The smallest absolute Gasteiger partial charge is 0.194 e. The Hall–Kier alpha value is -2.21. The Morgan fingerprint density at radius 2 is 2.29 bits per heavy atom. The van der Waals surface area contributed by atoms with Crippen LogP contribution >= 0.6 is 0 Å². The average Bonchev–Trinajstić information content (AvgIpc) is 2.61. The van der Waals surface area contributed by atoms with Crippen LogP contribution in [0.4, 0.5) is 0 Å². The van der Waals surface area contributed by atoms with E-state index in [4.69, 9.17) is 14.5 Å². The van der Waals surface area contributed by atoms with Crippen molar-refractivity contribution in [1.29, 1.82) is 0 Å². The number of rotatable bonds is 6. The largest absolute Gasteiger partial charge is 0.493 e. The number of methoxy groups -OCH3 is 2. The van der Waals surface area contributed by atoms with Gasteiger partial charge in [-0.05, 0) is 18.9 Å². The molecule has 6 heteroatoms. The average molecular weight is 333 g/mol. The van der Waals surface area contributed by atoms with E-state index in [1.54, 1.807) is 20.3 Å². The van der Waals surface area contributed by atoms with Crippen molar-refractivity contribution >= 4 is 5.96 Å². The highest BCUT2D eigenvalue weighted by Gasteiger charge is 2.20. The minimum absolute atomic E-state index is 0.305. The van der Waals surface area contributed by atoms with Crippen molar-refractivity contribution in [2.45, 2.75) is 25.5 Å². The first-order valence-corrected chi connectivity index (χ1v) is 8.21. The van der Waals surface area contributed by atoms with Crippen LogP contribution in [0.1, 0.15) is 18.4 Å². The number of aliphatic hydroxyl groups excluding tert-OH is 1. The minimum Gasteiger partial charge on any atom is -0.493 e. The minimum atomic E-state index is -0.305. The van der Waals surface area contributed by atoms with Crippen molar-refractivity contribution in [2.75, 3.05) is 33.9 Å². The van der Waals surface area contributed by atoms with Gasteiger partial charge in [-0.15, -0.1) is 6.58 Å². The third kappa shape index (κ3) is 4.64. The SMILES string of the molecule is C=CCNC(=NCc1cccc(OC)c1OC)N1CCCC(O)C1. The summed E-state index contributed by atoms with van der Waals surface area (Å²) in [5.74, 6) is 2.17. The fourth-order valence-electron chi connectivity index (χ4n) is 2.82. The Morgan fingerprint density at radius 1 is 1.46 bits per heavy atom. The molecule has 0 spiro atoms. The molecule has 1 atom stereocenters. The van der Waals surface area contributed by atoms with Gasteiger partial charge < -0.3 is 24.8 Å². The zero-order valence-electron chi connectivity index (χ0n) is 14.5. The molecule has 1 aliphatic rings. The van der Waals surface area contributed by atoms with Crippen molar-refractivity contribution in [3.8, 4) is 11.5 Å². The summed E-state index contributed by atoms with van der Waals surface area (Å²) >= 11 is 0. The number of benzene rings is 1. The van der Waals surface area contributed by atoms with E-state index in [1.165, 1.54) is 0 Å². The summed E-state index contributed by atoms with van der Waals surface area (Å²) in [7, 11) is 3.25. The van der Waals surface area contributed by atoms with Crippen LogP contribution in [-0.2, 0) is 6.54 Å². The number of para-hydroxylation sites is 1. The highest BCUT2D eigenvalue weighted by molar-refractivity contribution is 5.80. The predicted octanol–water partition coefficient (Wildman–Crippen LogP) is 1.79. The molecule has 24 heavy (non-hydrogen) atoms. The van der Waals surface area contributed by atoms with E-state index in [0.29, 0.717) is 31.1 Å². The second-order valence-corrected chi connectivity index (χ2v) is 5.70. The summed E-state index contributed by atoms with van der Waals surface area (Å²) < 4.78 is 10.8. The molecule has 2 N–H and O–H groups in total. The quantitative estimate of drug-likeness (QED) is 0.472. The van der Waals surface area contributed by atoms with Gasteiger partial charge in [-0.2, -0.15) is 0 Å². The van der Waals surface area contributed by atoms with Crippen molar-refractivity contribution in [3.63, 3.8) is 0 Å². The molecule has 0 saturated carbocycles. The van der Waals surface area contributed by atoms with Gasteiger partial charge in [-0.25, -0.2) is 4.99 Å². The molecule has 1 saturated heterocycles. The molecule has 6 nitrogen and oxygen atoms in total. The normalized spacial score (nSPS) is 18.2. The Balaban J connectivity index is 2.19. The molecule has 1 aliphatic heterocycles. The molecule has 1 heterocycles. The van der Waals surface area contributed by atoms with Gasteiger partial charge in [0.1, 0.15) is 0 Å². The first kappa shape index (κ1) is 18.1. The molecular weight excluding hydrogens is 306 g/mol. The highest BCUT2D eigenvalue weighted by Crippen LogP contribution is 2.31. The lowest BCUT2D eigenvalue weighted by molar-refractivity contribution is 0.101. The molecule has 1 unspecified atom stereocenters. The summed E-state index contributed by atoms with van der Waals surface area (Å²) in [6.07, 6.45) is 3.29. The standard InChI is InChI=1S/C18H27N3O3/c1-4-10-19-18(21-11-6-8-15(22)13-21)20-12-14-7-5-9-16(23-2)17(14)24-3/h4-5,7,9,15,22H,1,6,8,10-13H2,2-3H3,(H,19,20). The monoisotopic (exact) mass is 333 g/mol. The highest BCUT2D eigenvalue weighted by atomic mass is 16.5. The molecule has 0 radical (unpaired) electrons. The molecule has 132 valence electrons. The zero-order chi connectivity index (χ0) is 17.4. The molecule has 0 amide bonds. The Kier molecular flexibility index (Phi) is 6.93. The number of hydrogen-bond acceptors (Lipinski definition) is 4. The topological polar surface area (TPSA) is 66.3 Å². The van der Waals surface area contributed by atoms with Gasteiger partial charge in [0.2, 0.25) is 0 Å². The lowest BCUT2D eigenvalue weighted by Crippen LogP contribution is -2.48. The maximum absolute atomic E-state index is 9.91. The van der Waals surface area contributed by atoms with Gasteiger partial charge in [0.05, 0.1) is 26.9 Å². The van der Waals surface area contributed by atoms with Gasteiger partial charge in [0.25, 0.3) is 0 Å². The summed E-state index contributed by atoms with van der Waals surface area (Å²) in [5, 5.41) is 13.2. The number of likely N-dealkylation sites (tertiary alicyclic amines) is 1. The third-order valence-corrected chi connectivity index (χ3v) is 3.98. The molecule has 0 aromatic heterocycles. The van der Waals surface area contributed by atoms with Gasteiger partial charge >= 0.3 is 0 Å². The molecule has 2 rings (SSSR count). The van der Waals surface area contributed by atoms with E-state index >= 15 is 0 Å². The van der Waals surface area contributed by atoms with E-state index in [0.717, 1.165) is 30.9 Å². The first-order valence-electron chi connectivity index (χ1n) is 8.21. The van der Waals surface area contributed by atoms with Crippen LogP contribution < -0.4 is 14.8 Å². The Labute approximate surface area is 143 Å². The lowest BCUT2D eigenvalue weighted by Gasteiger charge is -2.32. The van der Waals surface area contributed by atoms with Crippen molar-refractivity contribution in [1.82, 2.24) is 10.2 Å². The van der Waals surface area contributed by atoms with Crippen LogP contribution in [0.3, 0.4) is 0 Å². The first-order chi connectivity index (χ1) is 11.7. The van der Waals surface area contributed by atoms with Crippen LogP contribution in [-0.4, -0.2) is 55.9 Å². The maximum Gasteiger partial charge on any atom is 0.194 e. The second-order valence-electron chi connectivity index (χ2n) is 5.70. The molecule has 0 aliphatic carbocycles. The van der Waals surface area contributed by atoms with Gasteiger partial charge in [0.15, 0.2) is 17.5 Å². The predicted molar refractivity (Wildman–Crippen MR) is 95.7 cm³/mol. The summed E-state index contributed by atoms with van der Waals surface area (Å²) in [4.78, 5) is 6.80. The van der Waals surface area contributed by atoms with Gasteiger partial charge in [-0.3, -0.25) is 0 Å². The van der Waals surface area contributed by atoms with Gasteiger partial charge in [0, 0.05) is 25.2 Å². The lowest BCUT2D eigenvalue weighted by atomic mass is 10.1. The number of aliphatic imine (C=N–C) groups is 1. The Bertz CT molecular complexity index is 575. The van der Waals surface area contributed by atoms with E-state index in [1.807, 2.05) is 18.2 Å². The Morgan fingerprint density at radius 3 is 2.96 bits per heavy atom. The third-order valence-electron chi connectivity index (χ3n) is 3.98. The van der Waals surface area contributed by atoms with E-state index < -0.39 is 0 Å². The van der Waals surface area contributed by atoms with Crippen molar-refractivity contribution in [3.05, 3.63) is 36.4 Å². The summed E-state index contributed by atoms with van der Waals surface area (Å²) in [5.41, 5.74) is 0.951. The molecular formula is C18H27N3O3. The molecule has 1 aromatic carbocycles. The number of ether oxygens (including phenoxy) is 2.